The summed E-state index contributed by atoms with van der Waals surface area (Å²) < 4.78 is 11.6. The Hall–Kier alpha value is -5.89. The number of methoxy groups -OCH3 is 1. The van der Waals surface area contributed by atoms with E-state index in [0.29, 0.717) is 12.0 Å². The van der Waals surface area contributed by atoms with Gasteiger partial charge in [-0.05, 0) is 157 Å². The summed E-state index contributed by atoms with van der Waals surface area (Å²) in [6.45, 7) is 22.1. The lowest BCUT2D eigenvalue weighted by molar-refractivity contribution is 0.0731. The van der Waals surface area contributed by atoms with Gasteiger partial charge in [0, 0.05) is 18.0 Å². The zero-order chi connectivity index (χ0) is 41.6. The van der Waals surface area contributed by atoms with Crippen molar-refractivity contribution in [3.63, 3.8) is 0 Å². The fourth-order valence-corrected chi connectivity index (χ4v) is 7.44. The summed E-state index contributed by atoms with van der Waals surface area (Å²) in [7, 11) is 3.20. The summed E-state index contributed by atoms with van der Waals surface area (Å²) >= 11 is 0. The molecule has 5 aromatic carbocycles. The first kappa shape index (κ1) is 41.3. The van der Waals surface area contributed by atoms with Crippen LogP contribution in [0.25, 0.3) is 11.1 Å². The van der Waals surface area contributed by atoms with E-state index in [2.05, 4.69) is 13.0 Å². The highest BCUT2D eigenvalue weighted by molar-refractivity contribution is 6.11. The van der Waals surface area contributed by atoms with Crippen LogP contribution < -0.4 is 14.4 Å². The number of carbonyl (C=O) groups is 3. The Labute approximate surface area is 330 Å². The fraction of sp³-hybridized carbons (Fsp3) is 0.312. The first-order valence-electron chi connectivity index (χ1n) is 18.7. The van der Waals surface area contributed by atoms with Crippen molar-refractivity contribution in [2.45, 2.75) is 87.0 Å². The van der Waals surface area contributed by atoms with E-state index < -0.39 is 17.3 Å². The van der Waals surface area contributed by atoms with Gasteiger partial charge >= 0.3 is 5.97 Å². The van der Waals surface area contributed by atoms with Gasteiger partial charge in [0.1, 0.15) is 23.0 Å². The second-order valence-electron chi connectivity index (χ2n) is 16.3. The topological polar surface area (TPSA) is 113 Å². The van der Waals surface area contributed by atoms with E-state index in [-0.39, 0.29) is 39.3 Å². The van der Waals surface area contributed by atoms with Crippen LogP contribution in [0.5, 0.6) is 23.0 Å². The predicted octanol–water partition coefficient (Wildman–Crippen LogP) is 10.6. The number of aldehydes is 1. The molecule has 0 unspecified atom stereocenters. The Bertz CT molecular complexity index is 2400. The molecule has 1 amide bonds. The van der Waals surface area contributed by atoms with Crippen LogP contribution in [-0.4, -0.2) is 42.5 Å². The Kier molecular flexibility index (Phi) is 11.3. The van der Waals surface area contributed by atoms with Crippen LogP contribution in [0.4, 0.5) is 5.69 Å². The fourth-order valence-electron chi connectivity index (χ4n) is 7.44. The third-order valence-corrected chi connectivity index (χ3v) is 11.3. The average molecular weight is 756 g/mol. The number of phenols is 2. The number of carbonyl (C=O) groups excluding carboxylic acids is 3. The first-order chi connectivity index (χ1) is 26.1. The third-order valence-electron chi connectivity index (χ3n) is 11.3. The molecular formula is C48H53NO7. The van der Waals surface area contributed by atoms with E-state index in [0.717, 1.165) is 66.9 Å². The van der Waals surface area contributed by atoms with Gasteiger partial charge in [-0.3, -0.25) is 9.59 Å². The lowest BCUT2D eigenvalue weighted by atomic mass is 9.75. The molecule has 0 saturated carbocycles. The molecule has 2 N–H and O–H groups in total. The molecule has 0 aliphatic heterocycles. The number of anilines is 1. The van der Waals surface area contributed by atoms with Crippen LogP contribution in [0.2, 0.25) is 0 Å². The van der Waals surface area contributed by atoms with Gasteiger partial charge in [-0.15, -0.1) is 0 Å². The number of benzene rings is 5. The van der Waals surface area contributed by atoms with Crippen molar-refractivity contribution < 1.29 is 34.1 Å². The molecule has 0 aliphatic carbocycles. The zero-order valence-corrected chi connectivity index (χ0v) is 34.8. The van der Waals surface area contributed by atoms with Crippen molar-refractivity contribution in [2.24, 2.45) is 0 Å². The second-order valence-corrected chi connectivity index (χ2v) is 16.3. The van der Waals surface area contributed by atoms with Crippen LogP contribution in [0.3, 0.4) is 0 Å². The molecule has 0 aromatic heterocycles. The molecule has 0 fully saturated rings. The number of rotatable bonds is 9. The van der Waals surface area contributed by atoms with Gasteiger partial charge < -0.3 is 24.6 Å². The largest absolute Gasteiger partial charge is 0.508 e. The van der Waals surface area contributed by atoms with Crippen LogP contribution in [0, 0.1) is 41.5 Å². The number of hydrogen-bond acceptors (Lipinski definition) is 7. The van der Waals surface area contributed by atoms with Gasteiger partial charge in [0.25, 0.3) is 5.91 Å². The molecule has 292 valence electrons. The van der Waals surface area contributed by atoms with Crippen molar-refractivity contribution >= 4 is 23.9 Å². The standard InChI is InChI=1S/C48H53NO7/c1-26-20-37(28(3)30(5)43(26)55-13)38-21-27(2)44(31(6)29(38)4)56-46(54)32-14-17-36(33(22-32)25-50)45(53)49(12)40-24-35(16-19-42(40)52)48(10,11)34-15-18-41(51)39(23-34)47(7,8)9/h14-25,51-52H,1-13H3. The number of hydrogen-bond donors (Lipinski definition) is 2. The summed E-state index contributed by atoms with van der Waals surface area (Å²) in [5, 5.41) is 21.5. The number of aromatic hydroxyl groups is 2. The minimum absolute atomic E-state index is 0.00627. The van der Waals surface area contributed by atoms with E-state index in [1.165, 1.54) is 30.1 Å². The number of ether oxygens (including phenoxy) is 2. The summed E-state index contributed by atoms with van der Waals surface area (Å²) in [5.74, 6) is 0.193. The van der Waals surface area contributed by atoms with Crippen molar-refractivity contribution in [1.82, 2.24) is 0 Å². The number of phenolic OH excluding ortho intramolecular Hbond substituents is 2. The SMILES string of the molecule is COc1c(C)cc(-c2cc(C)c(OC(=O)c3ccc(C(=O)N(C)c4cc(C(C)(C)c5ccc(O)c(C(C)(C)C)c5)ccc4O)c(C=O)c3)c(C)c2C)c(C)c1C. The van der Waals surface area contributed by atoms with E-state index in [9.17, 15) is 24.6 Å². The Balaban J connectivity index is 1.43. The minimum atomic E-state index is -0.664. The Morgan fingerprint density at radius 1 is 0.679 bits per heavy atom. The first-order valence-corrected chi connectivity index (χ1v) is 18.7. The van der Waals surface area contributed by atoms with Crippen LogP contribution in [0.15, 0.2) is 66.7 Å². The third kappa shape index (κ3) is 7.53. The maximum Gasteiger partial charge on any atom is 0.343 e. The van der Waals surface area contributed by atoms with E-state index >= 15 is 0 Å². The second kappa shape index (κ2) is 15.3. The van der Waals surface area contributed by atoms with E-state index in [1.54, 1.807) is 31.4 Å². The quantitative estimate of drug-likeness (QED) is 0.0875. The highest BCUT2D eigenvalue weighted by Gasteiger charge is 2.29. The van der Waals surface area contributed by atoms with Crippen LogP contribution >= 0.6 is 0 Å². The number of nitrogens with zero attached hydrogens (tertiary/aromatic N) is 1. The highest BCUT2D eigenvalue weighted by atomic mass is 16.5. The lowest BCUT2D eigenvalue weighted by Gasteiger charge is -2.30. The van der Waals surface area contributed by atoms with Crippen molar-refractivity contribution in [1.29, 1.82) is 0 Å². The molecule has 5 aromatic rings. The molecule has 0 spiro atoms. The van der Waals surface area contributed by atoms with Gasteiger partial charge in [-0.2, -0.15) is 0 Å². The maximum absolute atomic E-state index is 14.0. The summed E-state index contributed by atoms with van der Waals surface area (Å²) in [6.07, 6.45) is 0.533. The Morgan fingerprint density at radius 2 is 1.21 bits per heavy atom. The summed E-state index contributed by atoms with van der Waals surface area (Å²) in [5.41, 5.74) is 10.0. The molecule has 0 radical (unpaired) electrons. The Morgan fingerprint density at radius 3 is 1.77 bits per heavy atom. The predicted molar refractivity (Wildman–Crippen MR) is 223 cm³/mol. The molecule has 0 bridgehead atoms. The van der Waals surface area contributed by atoms with Crippen molar-refractivity contribution in [2.75, 3.05) is 19.1 Å². The molecular weight excluding hydrogens is 703 g/mol. The maximum atomic E-state index is 14.0. The van der Waals surface area contributed by atoms with Gasteiger partial charge in [0.05, 0.1) is 23.9 Å². The molecule has 5 rings (SSSR count). The number of amides is 1. The lowest BCUT2D eigenvalue weighted by Crippen LogP contribution is -2.28. The summed E-state index contributed by atoms with van der Waals surface area (Å²) in [6, 6.07) is 19.0. The smallest absolute Gasteiger partial charge is 0.343 e. The van der Waals surface area contributed by atoms with Crippen molar-refractivity contribution in [3.8, 4) is 34.1 Å². The van der Waals surface area contributed by atoms with Crippen molar-refractivity contribution in [3.05, 3.63) is 133 Å². The molecule has 0 saturated heterocycles. The van der Waals surface area contributed by atoms with E-state index in [1.807, 2.05) is 87.4 Å². The van der Waals surface area contributed by atoms with Gasteiger partial charge in [-0.25, -0.2) is 4.79 Å². The summed E-state index contributed by atoms with van der Waals surface area (Å²) in [4.78, 5) is 41.2. The zero-order valence-electron chi connectivity index (χ0n) is 34.8. The minimum Gasteiger partial charge on any atom is -0.508 e. The molecule has 8 nitrogen and oxygen atoms in total. The number of esters is 1. The highest BCUT2D eigenvalue weighted by Crippen LogP contribution is 2.42. The van der Waals surface area contributed by atoms with E-state index in [4.69, 9.17) is 9.47 Å². The number of aryl methyl sites for hydroxylation is 2. The molecule has 56 heavy (non-hydrogen) atoms. The van der Waals surface area contributed by atoms with Gasteiger partial charge in [0.2, 0.25) is 0 Å². The van der Waals surface area contributed by atoms with Gasteiger partial charge in [-0.1, -0.05) is 52.8 Å². The van der Waals surface area contributed by atoms with Gasteiger partial charge in [0.15, 0.2) is 6.29 Å². The average Bonchev–Trinajstić information content (AvgIpc) is 3.15. The molecule has 0 aliphatic rings. The molecule has 0 atom stereocenters. The normalized spacial score (nSPS) is 11.7. The molecule has 0 heterocycles. The van der Waals surface area contributed by atoms with Crippen LogP contribution in [-0.2, 0) is 10.8 Å². The van der Waals surface area contributed by atoms with Crippen LogP contribution in [0.1, 0.15) is 116 Å². The monoisotopic (exact) mass is 755 g/mol. The molecule has 8 heteroatoms.